The molecular formula is C18H34N2O10P2. The molecule has 2 amide bonds. The number of ether oxygens (including phenoxy) is 2. The highest BCUT2D eigenvalue weighted by atomic mass is 31.2. The Bertz CT molecular complexity index is 684. The van der Waals surface area contributed by atoms with E-state index in [1.807, 2.05) is 0 Å². The molecule has 0 saturated carbocycles. The van der Waals surface area contributed by atoms with Crippen LogP contribution in [0.25, 0.3) is 0 Å². The van der Waals surface area contributed by atoms with Crippen molar-refractivity contribution in [1.29, 1.82) is 0 Å². The molecule has 0 aliphatic carbocycles. The van der Waals surface area contributed by atoms with Crippen LogP contribution in [0.2, 0.25) is 0 Å². The van der Waals surface area contributed by atoms with Gasteiger partial charge in [-0.25, -0.2) is 0 Å². The van der Waals surface area contributed by atoms with Gasteiger partial charge in [-0.2, -0.15) is 0 Å². The second-order valence-electron chi connectivity index (χ2n) is 7.15. The minimum absolute atomic E-state index is 0.117. The molecule has 0 unspecified atom stereocenters. The summed E-state index contributed by atoms with van der Waals surface area (Å²) in [7, 11) is -8.49. The van der Waals surface area contributed by atoms with Gasteiger partial charge >= 0.3 is 15.2 Å². The molecule has 0 atom stereocenters. The lowest BCUT2D eigenvalue weighted by Gasteiger charge is -2.23. The highest BCUT2D eigenvalue weighted by Gasteiger charge is 2.21. The zero-order chi connectivity index (χ0) is 24.9. The second-order valence-corrected chi connectivity index (χ2v) is 10.7. The molecule has 0 aliphatic heterocycles. The normalized spacial score (nSPS) is 11.8. The molecule has 0 radical (unpaired) electrons. The van der Waals surface area contributed by atoms with Gasteiger partial charge in [0.2, 0.25) is 11.8 Å². The average Bonchev–Trinajstić information content (AvgIpc) is 2.65. The predicted molar refractivity (Wildman–Crippen MR) is 118 cm³/mol. The fourth-order valence-corrected chi connectivity index (χ4v) is 3.35. The van der Waals surface area contributed by atoms with Crippen LogP contribution in [0.15, 0.2) is 24.3 Å². The van der Waals surface area contributed by atoms with Gasteiger partial charge in [-0.3, -0.25) is 18.7 Å². The molecule has 4 N–H and O–H groups in total. The van der Waals surface area contributed by atoms with E-state index in [9.17, 15) is 18.7 Å². The highest BCUT2D eigenvalue weighted by Crippen LogP contribution is 2.34. The van der Waals surface area contributed by atoms with E-state index in [4.69, 9.17) is 29.0 Å². The Hall–Kier alpha value is -1.36. The molecule has 0 heterocycles. The number of carbonyl (C=O) groups is 2. The van der Waals surface area contributed by atoms with E-state index in [0.717, 1.165) is 0 Å². The third kappa shape index (κ3) is 15.4. The van der Waals surface area contributed by atoms with Crippen LogP contribution in [0.3, 0.4) is 0 Å². The fourth-order valence-electron chi connectivity index (χ4n) is 2.34. The van der Waals surface area contributed by atoms with Crippen LogP contribution < -0.4 is 0 Å². The van der Waals surface area contributed by atoms with Gasteiger partial charge in [-0.1, -0.05) is 13.2 Å². The quantitative estimate of drug-likeness (QED) is 0.123. The summed E-state index contributed by atoms with van der Waals surface area (Å²) in [6.07, 6.45) is -0.924. The lowest BCUT2D eigenvalue weighted by atomic mass is 10.3. The summed E-state index contributed by atoms with van der Waals surface area (Å²) in [6.45, 7) is 10.6. The van der Waals surface area contributed by atoms with Gasteiger partial charge in [0.1, 0.15) is 0 Å². The summed E-state index contributed by atoms with van der Waals surface area (Å²) in [6, 6.07) is 0. The monoisotopic (exact) mass is 500 g/mol. The topological polar surface area (TPSA) is 174 Å². The van der Waals surface area contributed by atoms with E-state index in [1.165, 1.54) is 23.6 Å². The standard InChI is InChI=1S/C18H34N2O10P2/c1-15(2)17(21)19(7-13-31(23,24)25)5-9-29-11-12-30-10-6-20(18(22)16(3)4)8-14-32(26,27)28/h1,3,5-14H2,2,4H3,(H2,23,24,25)(H2,26,27,28). The minimum Gasteiger partial charge on any atom is -0.377 e. The Labute approximate surface area is 188 Å². The van der Waals surface area contributed by atoms with Crippen molar-refractivity contribution in [3.8, 4) is 0 Å². The zero-order valence-corrected chi connectivity index (χ0v) is 20.3. The maximum absolute atomic E-state index is 12.1. The number of hydrogen-bond donors (Lipinski definition) is 4. The Morgan fingerprint density at radius 1 is 0.688 bits per heavy atom. The van der Waals surface area contributed by atoms with Crippen molar-refractivity contribution in [2.75, 3.05) is 64.9 Å². The lowest BCUT2D eigenvalue weighted by Crippen LogP contribution is -2.37. The molecule has 32 heavy (non-hydrogen) atoms. The fraction of sp³-hybridized carbons (Fsp3) is 0.667. The number of rotatable bonds is 17. The van der Waals surface area contributed by atoms with Gasteiger partial charge in [0.25, 0.3) is 0 Å². The number of carbonyl (C=O) groups excluding carboxylic acids is 2. The third-order valence-electron chi connectivity index (χ3n) is 4.01. The van der Waals surface area contributed by atoms with Crippen LogP contribution in [-0.4, -0.2) is 106 Å². The van der Waals surface area contributed by atoms with Crippen molar-refractivity contribution in [2.45, 2.75) is 13.8 Å². The summed E-state index contributed by atoms with van der Waals surface area (Å²) < 4.78 is 32.8. The van der Waals surface area contributed by atoms with Gasteiger partial charge in [-0.15, -0.1) is 0 Å². The molecular weight excluding hydrogens is 466 g/mol. The van der Waals surface area contributed by atoms with Gasteiger partial charge in [0, 0.05) is 37.3 Å². The van der Waals surface area contributed by atoms with Gasteiger partial charge in [0.15, 0.2) is 0 Å². The number of hydrogen-bond acceptors (Lipinski definition) is 6. The molecule has 0 saturated heterocycles. The molecule has 0 rings (SSSR count). The molecule has 14 heteroatoms. The largest absolute Gasteiger partial charge is 0.377 e. The smallest absolute Gasteiger partial charge is 0.327 e. The first kappa shape index (κ1) is 30.6. The molecule has 0 bridgehead atoms. The summed E-state index contributed by atoms with van der Waals surface area (Å²) >= 11 is 0. The van der Waals surface area contributed by atoms with Crippen molar-refractivity contribution in [2.24, 2.45) is 0 Å². The molecule has 0 aromatic carbocycles. The van der Waals surface area contributed by atoms with E-state index < -0.39 is 39.3 Å². The maximum atomic E-state index is 12.1. The molecule has 0 aliphatic rings. The summed E-state index contributed by atoms with van der Waals surface area (Å²) in [4.78, 5) is 62.6. The first-order valence-electron chi connectivity index (χ1n) is 9.78. The Morgan fingerprint density at radius 2 is 1.00 bits per heavy atom. The first-order chi connectivity index (χ1) is 14.6. The first-order valence-corrected chi connectivity index (χ1v) is 13.4. The van der Waals surface area contributed by atoms with E-state index in [1.54, 1.807) is 0 Å². The van der Waals surface area contributed by atoms with Crippen LogP contribution in [0.4, 0.5) is 0 Å². The second kappa shape index (κ2) is 14.7. The van der Waals surface area contributed by atoms with Crippen LogP contribution in [-0.2, 0) is 28.2 Å². The predicted octanol–water partition coefficient (Wildman–Crippen LogP) is 0.184. The van der Waals surface area contributed by atoms with Crippen molar-refractivity contribution < 1.29 is 47.8 Å². The molecule has 0 spiro atoms. The Balaban J connectivity index is 4.30. The molecule has 0 aromatic rings. The molecule has 186 valence electrons. The summed E-state index contributed by atoms with van der Waals surface area (Å²) in [5.41, 5.74) is 0.485. The molecule has 0 fully saturated rings. The number of amides is 2. The van der Waals surface area contributed by atoms with Crippen molar-refractivity contribution >= 4 is 27.0 Å². The lowest BCUT2D eigenvalue weighted by molar-refractivity contribution is -0.128. The SMILES string of the molecule is C=C(C)C(=O)N(CCOCCOCCN(CCP(=O)(O)O)C(=O)C(=C)C)CCP(=O)(O)O. The van der Waals surface area contributed by atoms with Gasteiger partial charge in [-0.05, 0) is 13.8 Å². The van der Waals surface area contributed by atoms with E-state index in [0.29, 0.717) is 0 Å². The van der Waals surface area contributed by atoms with Gasteiger partial charge in [0.05, 0.1) is 38.8 Å². The average molecular weight is 500 g/mol. The molecule has 0 aromatic heterocycles. The Kier molecular flexibility index (Phi) is 14.1. The summed E-state index contributed by atoms with van der Waals surface area (Å²) in [5, 5.41) is 0. The van der Waals surface area contributed by atoms with Crippen LogP contribution in [0.5, 0.6) is 0 Å². The number of nitrogens with zero attached hydrogens (tertiary/aromatic N) is 2. The summed E-state index contributed by atoms with van der Waals surface area (Å²) in [5.74, 6) is -0.841. The maximum Gasteiger partial charge on any atom is 0.327 e. The minimum atomic E-state index is -4.24. The van der Waals surface area contributed by atoms with E-state index >= 15 is 0 Å². The van der Waals surface area contributed by atoms with Crippen LogP contribution in [0, 0.1) is 0 Å². The highest BCUT2D eigenvalue weighted by molar-refractivity contribution is 7.52. The Morgan fingerprint density at radius 3 is 1.25 bits per heavy atom. The molecule has 12 nitrogen and oxygen atoms in total. The van der Waals surface area contributed by atoms with Crippen molar-refractivity contribution in [3.63, 3.8) is 0 Å². The van der Waals surface area contributed by atoms with E-state index in [2.05, 4.69) is 13.2 Å². The third-order valence-corrected chi connectivity index (χ3v) is 5.58. The van der Waals surface area contributed by atoms with Crippen LogP contribution >= 0.6 is 15.2 Å². The van der Waals surface area contributed by atoms with E-state index in [-0.39, 0.29) is 63.8 Å². The van der Waals surface area contributed by atoms with Gasteiger partial charge < -0.3 is 38.8 Å². The van der Waals surface area contributed by atoms with Crippen LogP contribution in [0.1, 0.15) is 13.8 Å². The van der Waals surface area contributed by atoms with Crippen molar-refractivity contribution in [1.82, 2.24) is 9.80 Å². The van der Waals surface area contributed by atoms with Crippen molar-refractivity contribution in [3.05, 3.63) is 24.3 Å². The zero-order valence-electron chi connectivity index (χ0n) is 18.5.